The van der Waals surface area contributed by atoms with Gasteiger partial charge in [0, 0.05) is 25.0 Å². The smallest absolute Gasteiger partial charge is 0.163 e. The molecule has 1 aliphatic carbocycles. The first-order valence-corrected chi connectivity index (χ1v) is 11.2. The van der Waals surface area contributed by atoms with Gasteiger partial charge in [0.05, 0.1) is 17.2 Å². The van der Waals surface area contributed by atoms with E-state index in [1.54, 1.807) is 6.33 Å². The summed E-state index contributed by atoms with van der Waals surface area (Å²) >= 11 is 0. The van der Waals surface area contributed by atoms with E-state index in [4.69, 9.17) is 10.1 Å². The molecular formula is C22H35N5O. The van der Waals surface area contributed by atoms with Gasteiger partial charge in [-0.1, -0.05) is 33.6 Å². The fourth-order valence-electron chi connectivity index (χ4n) is 5.23. The molecule has 1 N–H and O–H groups in total. The van der Waals surface area contributed by atoms with E-state index in [-0.39, 0.29) is 11.5 Å². The number of aryl methyl sites for hydroxylation is 1. The van der Waals surface area contributed by atoms with Gasteiger partial charge in [-0.3, -0.25) is 0 Å². The second-order valence-corrected chi connectivity index (χ2v) is 9.31. The van der Waals surface area contributed by atoms with E-state index < -0.39 is 0 Å². The predicted octanol–water partition coefficient (Wildman–Crippen LogP) is 3.96. The van der Waals surface area contributed by atoms with Crippen LogP contribution in [0.15, 0.2) is 6.33 Å². The molecule has 4 rings (SSSR count). The molecular weight excluding hydrogens is 350 g/mol. The summed E-state index contributed by atoms with van der Waals surface area (Å²) in [6, 6.07) is 0. The van der Waals surface area contributed by atoms with Crippen molar-refractivity contribution in [3.05, 3.63) is 12.0 Å². The van der Waals surface area contributed by atoms with Crippen LogP contribution in [0.25, 0.3) is 11.0 Å². The van der Waals surface area contributed by atoms with Gasteiger partial charge in [-0.25, -0.2) is 14.6 Å². The number of aromatic nitrogens is 4. The molecule has 3 heterocycles. The Morgan fingerprint density at radius 1 is 1.25 bits per heavy atom. The zero-order valence-electron chi connectivity index (χ0n) is 17.7. The van der Waals surface area contributed by atoms with Crippen molar-refractivity contribution in [2.45, 2.75) is 84.8 Å². The summed E-state index contributed by atoms with van der Waals surface area (Å²) in [7, 11) is 0. The van der Waals surface area contributed by atoms with Gasteiger partial charge in [-0.2, -0.15) is 5.10 Å². The Balaban J connectivity index is 1.75. The van der Waals surface area contributed by atoms with Crippen LogP contribution in [-0.2, 0) is 13.0 Å². The van der Waals surface area contributed by atoms with Crippen molar-refractivity contribution >= 4 is 16.9 Å². The van der Waals surface area contributed by atoms with Crippen LogP contribution >= 0.6 is 0 Å². The van der Waals surface area contributed by atoms with E-state index in [2.05, 4.69) is 35.3 Å². The maximum atomic E-state index is 10.7. The van der Waals surface area contributed by atoms with Crippen LogP contribution in [0.1, 0.15) is 71.4 Å². The molecule has 1 spiro atoms. The lowest BCUT2D eigenvalue weighted by Crippen LogP contribution is -2.47. The van der Waals surface area contributed by atoms with E-state index in [9.17, 15) is 5.11 Å². The number of piperidine rings is 1. The number of rotatable bonds is 6. The average molecular weight is 386 g/mol. The number of hydrogen-bond donors (Lipinski definition) is 1. The highest BCUT2D eigenvalue weighted by atomic mass is 16.3. The lowest BCUT2D eigenvalue weighted by Gasteiger charge is -2.43. The Morgan fingerprint density at radius 3 is 2.79 bits per heavy atom. The largest absolute Gasteiger partial charge is 0.392 e. The molecule has 6 heteroatoms. The van der Waals surface area contributed by atoms with Crippen LogP contribution < -0.4 is 4.90 Å². The highest BCUT2D eigenvalue weighted by Gasteiger charge is 2.45. The minimum absolute atomic E-state index is 0.0476. The molecule has 0 aromatic carbocycles. The van der Waals surface area contributed by atoms with E-state index >= 15 is 0 Å². The molecule has 154 valence electrons. The molecule has 0 bridgehead atoms. The first-order valence-electron chi connectivity index (χ1n) is 11.2. The van der Waals surface area contributed by atoms with Crippen molar-refractivity contribution in [1.82, 2.24) is 19.7 Å². The molecule has 6 nitrogen and oxygen atoms in total. The van der Waals surface area contributed by atoms with Crippen LogP contribution in [0.3, 0.4) is 0 Å². The molecule has 0 unspecified atom stereocenters. The fourth-order valence-corrected chi connectivity index (χ4v) is 5.23. The van der Waals surface area contributed by atoms with E-state index in [1.807, 2.05) is 0 Å². The van der Waals surface area contributed by atoms with Crippen LogP contribution in [0.2, 0.25) is 0 Å². The van der Waals surface area contributed by atoms with Gasteiger partial charge < -0.3 is 10.0 Å². The number of aliphatic hydroxyl groups is 1. The van der Waals surface area contributed by atoms with Gasteiger partial charge in [-0.05, 0) is 44.4 Å². The monoisotopic (exact) mass is 385 g/mol. The highest BCUT2D eigenvalue weighted by Crippen LogP contribution is 2.46. The number of aliphatic hydroxyl groups excluding tert-OH is 1. The zero-order valence-corrected chi connectivity index (χ0v) is 17.7. The van der Waals surface area contributed by atoms with E-state index in [0.29, 0.717) is 5.92 Å². The SMILES string of the molecule is CCCCn1nc(CC(C)C)c2c(N3CCC[C@@]4(CCC[C@H]4O)C3)ncnc21. The van der Waals surface area contributed by atoms with Gasteiger partial charge in [0.2, 0.25) is 0 Å². The molecule has 2 aromatic rings. The summed E-state index contributed by atoms with van der Waals surface area (Å²) in [5, 5.41) is 16.8. The second kappa shape index (κ2) is 7.97. The molecule has 2 atom stereocenters. The first-order chi connectivity index (χ1) is 13.5. The van der Waals surface area contributed by atoms with E-state index in [0.717, 1.165) is 93.5 Å². The standard InChI is InChI=1S/C22H35N5O/c1-4-5-12-27-21-19(17(25-27)13-16(2)3)20(23-15-24-21)26-11-7-10-22(14-26)9-6-8-18(22)28/h15-16,18,28H,4-14H2,1-3H3/t18-,22+/m1/s1. The highest BCUT2D eigenvalue weighted by molar-refractivity contribution is 5.90. The minimum Gasteiger partial charge on any atom is -0.392 e. The number of anilines is 1. The molecule has 2 aliphatic rings. The number of fused-ring (bicyclic) bond motifs is 1. The number of hydrogen-bond acceptors (Lipinski definition) is 5. The summed E-state index contributed by atoms with van der Waals surface area (Å²) in [6.07, 6.45) is 10.2. The summed E-state index contributed by atoms with van der Waals surface area (Å²) in [4.78, 5) is 11.8. The molecule has 28 heavy (non-hydrogen) atoms. The Bertz CT molecular complexity index is 817. The third kappa shape index (κ3) is 3.51. The summed E-state index contributed by atoms with van der Waals surface area (Å²) in [5.74, 6) is 1.57. The zero-order chi connectivity index (χ0) is 19.7. The van der Waals surface area contributed by atoms with Crippen molar-refractivity contribution in [3.63, 3.8) is 0 Å². The van der Waals surface area contributed by atoms with Crippen molar-refractivity contribution in [3.8, 4) is 0 Å². The Kier molecular flexibility index (Phi) is 5.59. The quantitative estimate of drug-likeness (QED) is 0.815. The van der Waals surface area contributed by atoms with Crippen molar-refractivity contribution in [1.29, 1.82) is 0 Å². The van der Waals surface area contributed by atoms with Gasteiger partial charge in [0.1, 0.15) is 12.1 Å². The predicted molar refractivity (Wildman–Crippen MR) is 113 cm³/mol. The van der Waals surface area contributed by atoms with Gasteiger partial charge >= 0.3 is 0 Å². The topological polar surface area (TPSA) is 67.1 Å². The second-order valence-electron chi connectivity index (χ2n) is 9.31. The third-order valence-corrected chi connectivity index (χ3v) is 6.67. The summed E-state index contributed by atoms with van der Waals surface area (Å²) in [6.45, 7) is 9.51. The van der Waals surface area contributed by atoms with Crippen LogP contribution in [0.4, 0.5) is 5.82 Å². The minimum atomic E-state index is -0.171. The van der Waals surface area contributed by atoms with Gasteiger partial charge in [0.15, 0.2) is 5.65 Å². The molecule has 0 radical (unpaired) electrons. The molecule has 1 saturated carbocycles. The van der Waals surface area contributed by atoms with Gasteiger partial charge in [-0.15, -0.1) is 0 Å². The van der Waals surface area contributed by atoms with Gasteiger partial charge in [0.25, 0.3) is 0 Å². The summed E-state index contributed by atoms with van der Waals surface area (Å²) < 4.78 is 2.09. The molecule has 2 fully saturated rings. The van der Waals surface area contributed by atoms with Crippen molar-refractivity contribution in [2.24, 2.45) is 11.3 Å². The normalized spacial score (nSPS) is 25.5. The summed E-state index contributed by atoms with van der Waals surface area (Å²) in [5.41, 5.74) is 2.15. The molecule has 0 amide bonds. The van der Waals surface area contributed by atoms with Crippen LogP contribution in [0, 0.1) is 11.3 Å². The van der Waals surface area contributed by atoms with Crippen molar-refractivity contribution < 1.29 is 5.11 Å². The van der Waals surface area contributed by atoms with Crippen LogP contribution in [-0.4, -0.2) is 44.0 Å². The molecule has 1 saturated heterocycles. The average Bonchev–Trinajstić information content (AvgIpc) is 3.20. The maximum absolute atomic E-state index is 10.7. The van der Waals surface area contributed by atoms with Crippen LogP contribution in [0.5, 0.6) is 0 Å². The Labute approximate surface area is 168 Å². The molecule has 1 aliphatic heterocycles. The molecule has 2 aromatic heterocycles. The Morgan fingerprint density at radius 2 is 2.07 bits per heavy atom. The Hall–Kier alpha value is -1.69. The lowest BCUT2D eigenvalue weighted by atomic mass is 9.76. The third-order valence-electron chi connectivity index (χ3n) is 6.67. The lowest BCUT2D eigenvalue weighted by molar-refractivity contribution is 0.0408. The van der Waals surface area contributed by atoms with Crippen molar-refractivity contribution in [2.75, 3.05) is 18.0 Å². The number of unbranched alkanes of at least 4 members (excludes halogenated alkanes) is 1. The fraction of sp³-hybridized carbons (Fsp3) is 0.773. The van der Waals surface area contributed by atoms with E-state index in [1.165, 1.54) is 0 Å². The number of nitrogens with zero attached hydrogens (tertiary/aromatic N) is 5. The first kappa shape index (κ1) is 19.6. The maximum Gasteiger partial charge on any atom is 0.163 e.